The molecule has 2 aromatic rings. The van der Waals surface area contributed by atoms with Crippen LogP contribution in [0.4, 0.5) is 0 Å². The zero-order valence-corrected chi connectivity index (χ0v) is 9.79. The van der Waals surface area contributed by atoms with Crippen LogP contribution < -0.4 is 11.5 Å². The highest BCUT2D eigenvalue weighted by atomic mass is 14.7. The summed E-state index contributed by atoms with van der Waals surface area (Å²) >= 11 is 0. The Hall–Kier alpha value is -1.64. The van der Waals surface area contributed by atoms with Gasteiger partial charge in [-0.05, 0) is 11.1 Å². The molecule has 2 rings (SSSR count). The summed E-state index contributed by atoms with van der Waals surface area (Å²) < 4.78 is 0. The average Bonchev–Trinajstić information content (AvgIpc) is 2.42. The number of hydrogen-bond acceptors (Lipinski definition) is 2. The number of nitrogens with two attached hydrogens (primary N) is 2. The summed E-state index contributed by atoms with van der Waals surface area (Å²) in [5, 5.41) is 0. The quantitative estimate of drug-likeness (QED) is 0.841. The van der Waals surface area contributed by atoms with Gasteiger partial charge in [0.2, 0.25) is 0 Å². The van der Waals surface area contributed by atoms with Gasteiger partial charge in [0.15, 0.2) is 0 Å². The number of benzene rings is 2. The summed E-state index contributed by atoms with van der Waals surface area (Å²) in [6.45, 7) is 0.556. The first-order valence-electron chi connectivity index (χ1n) is 5.88. The molecule has 0 aliphatic rings. The van der Waals surface area contributed by atoms with Crippen molar-refractivity contribution in [2.75, 3.05) is 6.54 Å². The number of hydrogen-bond donors (Lipinski definition) is 2. The molecule has 0 bridgehead atoms. The fraction of sp³-hybridized carbons (Fsp3) is 0.200. The molecule has 0 fully saturated rings. The minimum absolute atomic E-state index is 0.0522. The van der Waals surface area contributed by atoms with Crippen LogP contribution in [0.5, 0.6) is 0 Å². The molecule has 2 nitrogen and oxygen atoms in total. The molecule has 0 spiro atoms. The van der Waals surface area contributed by atoms with Crippen molar-refractivity contribution in [2.45, 2.75) is 12.0 Å². The summed E-state index contributed by atoms with van der Waals surface area (Å²) in [7, 11) is 0. The van der Waals surface area contributed by atoms with Crippen LogP contribution in [-0.4, -0.2) is 6.54 Å². The van der Waals surface area contributed by atoms with Crippen molar-refractivity contribution in [3.05, 3.63) is 71.8 Å². The Morgan fingerprint density at radius 2 is 1.24 bits per heavy atom. The molecule has 2 unspecified atom stereocenters. The Morgan fingerprint density at radius 1 is 0.765 bits per heavy atom. The van der Waals surface area contributed by atoms with E-state index in [-0.39, 0.29) is 12.0 Å². The van der Waals surface area contributed by atoms with Gasteiger partial charge in [0.05, 0.1) is 0 Å². The highest BCUT2D eigenvalue weighted by Gasteiger charge is 2.19. The van der Waals surface area contributed by atoms with Gasteiger partial charge in [-0.15, -0.1) is 0 Å². The molecule has 88 valence electrons. The van der Waals surface area contributed by atoms with E-state index in [1.807, 2.05) is 36.4 Å². The van der Waals surface area contributed by atoms with Crippen molar-refractivity contribution < 1.29 is 0 Å². The Bertz CT molecular complexity index is 439. The Balaban J connectivity index is 2.25. The lowest BCUT2D eigenvalue weighted by molar-refractivity contribution is 0.563. The van der Waals surface area contributed by atoms with Crippen molar-refractivity contribution in [3.8, 4) is 0 Å². The van der Waals surface area contributed by atoms with Gasteiger partial charge < -0.3 is 11.5 Å². The van der Waals surface area contributed by atoms with Crippen LogP contribution in [0.15, 0.2) is 60.7 Å². The van der Waals surface area contributed by atoms with E-state index in [1.54, 1.807) is 0 Å². The van der Waals surface area contributed by atoms with Crippen LogP contribution in [-0.2, 0) is 0 Å². The Labute approximate surface area is 102 Å². The van der Waals surface area contributed by atoms with Gasteiger partial charge in [-0.1, -0.05) is 60.7 Å². The van der Waals surface area contributed by atoms with Gasteiger partial charge in [-0.2, -0.15) is 0 Å². The predicted molar refractivity (Wildman–Crippen MR) is 71.6 cm³/mol. The highest BCUT2D eigenvalue weighted by Crippen LogP contribution is 2.27. The van der Waals surface area contributed by atoms with E-state index < -0.39 is 0 Å². The lowest BCUT2D eigenvalue weighted by atomic mass is 9.88. The monoisotopic (exact) mass is 226 g/mol. The zero-order chi connectivity index (χ0) is 12.1. The molecule has 0 radical (unpaired) electrons. The van der Waals surface area contributed by atoms with E-state index in [9.17, 15) is 0 Å². The first-order chi connectivity index (χ1) is 8.33. The fourth-order valence-electron chi connectivity index (χ4n) is 2.10. The van der Waals surface area contributed by atoms with Crippen LogP contribution in [0.2, 0.25) is 0 Å². The maximum absolute atomic E-state index is 6.30. The molecule has 17 heavy (non-hydrogen) atoms. The first kappa shape index (κ1) is 11.8. The largest absolute Gasteiger partial charge is 0.330 e. The lowest BCUT2D eigenvalue weighted by Crippen LogP contribution is -2.26. The summed E-state index contributed by atoms with van der Waals surface area (Å²) in [6.07, 6.45) is 0. The van der Waals surface area contributed by atoms with Crippen molar-refractivity contribution >= 4 is 0 Å². The van der Waals surface area contributed by atoms with Crippen LogP contribution in [0.1, 0.15) is 23.1 Å². The highest BCUT2D eigenvalue weighted by molar-refractivity contribution is 5.27. The van der Waals surface area contributed by atoms with Crippen LogP contribution in [0.25, 0.3) is 0 Å². The molecule has 2 aromatic carbocycles. The molecule has 0 heterocycles. The van der Waals surface area contributed by atoms with Crippen LogP contribution in [0, 0.1) is 0 Å². The van der Waals surface area contributed by atoms with Crippen molar-refractivity contribution in [1.29, 1.82) is 0 Å². The molecule has 0 aliphatic heterocycles. The third-order valence-electron chi connectivity index (χ3n) is 3.10. The van der Waals surface area contributed by atoms with E-state index in [2.05, 4.69) is 24.3 Å². The molecule has 0 amide bonds. The second-order valence-corrected chi connectivity index (χ2v) is 4.19. The minimum atomic E-state index is -0.0522. The molecule has 2 heteroatoms. The topological polar surface area (TPSA) is 52.0 Å². The molecule has 0 aromatic heterocycles. The minimum Gasteiger partial charge on any atom is -0.330 e. The van der Waals surface area contributed by atoms with E-state index in [0.717, 1.165) is 5.56 Å². The normalized spacial score (nSPS) is 14.2. The Kier molecular flexibility index (Phi) is 3.91. The van der Waals surface area contributed by atoms with E-state index in [1.165, 1.54) is 5.56 Å². The maximum atomic E-state index is 6.30. The molecule has 2 atom stereocenters. The SMILES string of the molecule is NCC(c1ccccc1)C(N)c1ccccc1. The van der Waals surface area contributed by atoms with Gasteiger partial charge >= 0.3 is 0 Å². The second-order valence-electron chi connectivity index (χ2n) is 4.19. The average molecular weight is 226 g/mol. The van der Waals surface area contributed by atoms with E-state index in [4.69, 9.17) is 11.5 Å². The molecular formula is C15H18N2. The summed E-state index contributed by atoms with van der Waals surface area (Å²) in [6, 6.07) is 20.3. The van der Waals surface area contributed by atoms with Gasteiger partial charge in [0.1, 0.15) is 0 Å². The van der Waals surface area contributed by atoms with Gasteiger partial charge in [0.25, 0.3) is 0 Å². The number of rotatable bonds is 4. The first-order valence-corrected chi connectivity index (χ1v) is 5.88. The summed E-state index contributed by atoms with van der Waals surface area (Å²) in [4.78, 5) is 0. The van der Waals surface area contributed by atoms with Crippen LogP contribution in [0.3, 0.4) is 0 Å². The van der Waals surface area contributed by atoms with E-state index in [0.29, 0.717) is 6.54 Å². The molecular weight excluding hydrogens is 208 g/mol. The predicted octanol–water partition coefficient (Wildman–Crippen LogP) is 2.43. The summed E-state index contributed by atoms with van der Waals surface area (Å²) in [5.41, 5.74) is 14.5. The molecule has 0 aliphatic carbocycles. The van der Waals surface area contributed by atoms with Crippen LogP contribution >= 0.6 is 0 Å². The van der Waals surface area contributed by atoms with E-state index >= 15 is 0 Å². The van der Waals surface area contributed by atoms with Crippen molar-refractivity contribution in [1.82, 2.24) is 0 Å². The van der Waals surface area contributed by atoms with Gasteiger partial charge in [-0.25, -0.2) is 0 Å². The fourth-order valence-corrected chi connectivity index (χ4v) is 2.10. The lowest BCUT2D eigenvalue weighted by Gasteiger charge is -2.23. The van der Waals surface area contributed by atoms with Crippen molar-refractivity contribution in [2.24, 2.45) is 11.5 Å². The summed E-state index contributed by atoms with van der Waals surface area (Å²) in [5.74, 6) is 0.165. The smallest absolute Gasteiger partial charge is 0.0376 e. The maximum Gasteiger partial charge on any atom is 0.0376 e. The van der Waals surface area contributed by atoms with Crippen molar-refractivity contribution in [3.63, 3.8) is 0 Å². The third-order valence-corrected chi connectivity index (χ3v) is 3.10. The molecule has 4 N–H and O–H groups in total. The second kappa shape index (κ2) is 5.62. The molecule has 0 saturated carbocycles. The van der Waals surface area contributed by atoms with Gasteiger partial charge in [-0.3, -0.25) is 0 Å². The van der Waals surface area contributed by atoms with Gasteiger partial charge in [0, 0.05) is 18.5 Å². The Morgan fingerprint density at radius 3 is 1.71 bits per heavy atom. The third kappa shape index (κ3) is 2.73. The standard InChI is InChI=1S/C15H18N2/c16-11-14(12-7-3-1-4-8-12)15(17)13-9-5-2-6-10-13/h1-10,14-15H,11,16-17H2. The molecule has 0 saturated heterocycles. The zero-order valence-electron chi connectivity index (χ0n) is 9.79.